The largest absolute Gasteiger partial charge is 0.357 e. The van der Waals surface area contributed by atoms with Crippen molar-refractivity contribution in [1.82, 2.24) is 20.6 Å². The average Bonchev–Trinajstić information content (AvgIpc) is 3.31. The van der Waals surface area contributed by atoms with Gasteiger partial charge in [-0.2, -0.15) is 0 Å². The summed E-state index contributed by atoms with van der Waals surface area (Å²) in [5, 5.41) is 11.0. The molecule has 1 atom stereocenters. The highest BCUT2D eigenvalue weighted by atomic mass is 35.5. The van der Waals surface area contributed by atoms with Crippen LogP contribution in [0.4, 0.5) is 5.82 Å². The van der Waals surface area contributed by atoms with Crippen molar-refractivity contribution >= 4 is 34.7 Å². The van der Waals surface area contributed by atoms with E-state index in [1.165, 1.54) is 5.01 Å². The molecule has 2 N–H and O–H groups in total. The van der Waals surface area contributed by atoms with Crippen molar-refractivity contribution in [1.29, 1.82) is 0 Å². The van der Waals surface area contributed by atoms with Crippen LogP contribution in [0.15, 0.2) is 28.7 Å². The Bertz CT molecular complexity index is 778. The van der Waals surface area contributed by atoms with Gasteiger partial charge in [0.15, 0.2) is 5.96 Å². The van der Waals surface area contributed by atoms with Crippen LogP contribution in [0.1, 0.15) is 36.9 Å². The number of aryl methyl sites for hydroxylation is 2. The van der Waals surface area contributed by atoms with E-state index in [1.807, 2.05) is 19.1 Å². The number of halogens is 1. The summed E-state index contributed by atoms with van der Waals surface area (Å²) < 4.78 is 0. The normalized spacial score (nSPS) is 17.2. The predicted molar refractivity (Wildman–Crippen MR) is 119 cm³/mol. The van der Waals surface area contributed by atoms with E-state index in [4.69, 9.17) is 16.6 Å². The molecule has 2 aromatic heterocycles. The summed E-state index contributed by atoms with van der Waals surface area (Å²) in [6.07, 6.45) is 6.06. The lowest BCUT2D eigenvalue weighted by Gasteiger charge is -2.20. The lowest BCUT2D eigenvalue weighted by Crippen LogP contribution is -2.44. The quantitative estimate of drug-likeness (QED) is 0.387. The van der Waals surface area contributed by atoms with Crippen molar-refractivity contribution in [2.75, 3.05) is 31.1 Å². The summed E-state index contributed by atoms with van der Waals surface area (Å²) in [6.45, 7) is 7.64. The van der Waals surface area contributed by atoms with Gasteiger partial charge in [0.05, 0.1) is 10.0 Å². The Labute approximate surface area is 176 Å². The number of nitrogens with zero attached hydrogens (tertiary/aromatic N) is 4. The van der Waals surface area contributed by atoms with Crippen LogP contribution in [-0.2, 0) is 6.42 Å². The second-order valence-corrected chi connectivity index (χ2v) is 8.34. The highest BCUT2D eigenvalue weighted by Gasteiger charge is 2.25. The molecule has 2 aromatic rings. The number of thiazole rings is 1. The number of nitrogens with one attached hydrogen (secondary N) is 2. The van der Waals surface area contributed by atoms with Crippen LogP contribution < -0.4 is 15.5 Å². The zero-order valence-corrected chi connectivity index (χ0v) is 18.2. The van der Waals surface area contributed by atoms with Crippen molar-refractivity contribution in [2.24, 2.45) is 4.99 Å². The topological polar surface area (TPSA) is 65.4 Å². The van der Waals surface area contributed by atoms with Gasteiger partial charge in [0, 0.05) is 49.5 Å². The SMILES string of the molecule is CCNC(=NCCCCc1nc(C)cs1)NC1CCN(c2ncccc2Cl)C1. The number of aromatic nitrogens is 2. The molecule has 8 heteroatoms. The minimum absolute atomic E-state index is 0.342. The van der Waals surface area contributed by atoms with E-state index in [2.05, 4.69) is 37.8 Å². The maximum Gasteiger partial charge on any atom is 0.191 e. The number of hydrogen-bond donors (Lipinski definition) is 2. The molecule has 1 fully saturated rings. The van der Waals surface area contributed by atoms with Crippen molar-refractivity contribution in [2.45, 2.75) is 45.6 Å². The summed E-state index contributed by atoms with van der Waals surface area (Å²) in [7, 11) is 0. The monoisotopic (exact) mass is 420 g/mol. The van der Waals surface area contributed by atoms with Gasteiger partial charge >= 0.3 is 0 Å². The molecule has 1 saturated heterocycles. The van der Waals surface area contributed by atoms with Crippen LogP contribution in [0.2, 0.25) is 5.02 Å². The van der Waals surface area contributed by atoms with Crippen molar-refractivity contribution in [3.05, 3.63) is 39.4 Å². The molecule has 1 aliphatic heterocycles. The fraction of sp³-hybridized carbons (Fsp3) is 0.550. The van der Waals surface area contributed by atoms with Crippen LogP contribution in [0.25, 0.3) is 0 Å². The first-order chi connectivity index (χ1) is 13.7. The molecule has 0 aromatic carbocycles. The number of guanidine groups is 1. The maximum atomic E-state index is 6.29. The summed E-state index contributed by atoms with van der Waals surface area (Å²) in [6, 6.07) is 4.10. The zero-order chi connectivity index (χ0) is 19.8. The van der Waals surface area contributed by atoms with E-state index in [0.717, 1.165) is 69.3 Å². The maximum absolute atomic E-state index is 6.29. The Kier molecular flexibility index (Phi) is 7.91. The third-order valence-corrected chi connectivity index (χ3v) is 5.97. The van der Waals surface area contributed by atoms with Gasteiger partial charge in [0.1, 0.15) is 5.82 Å². The van der Waals surface area contributed by atoms with Gasteiger partial charge in [0.25, 0.3) is 0 Å². The minimum Gasteiger partial charge on any atom is -0.357 e. The molecule has 6 nitrogen and oxygen atoms in total. The Morgan fingerprint density at radius 2 is 2.32 bits per heavy atom. The third kappa shape index (κ3) is 6.07. The first-order valence-electron chi connectivity index (χ1n) is 9.97. The number of anilines is 1. The third-order valence-electron chi connectivity index (χ3n) is 4.65. The summed E-state index contributed by atoms with van der Waals surface area (Å²) in [4.78, 5) is 15.9. The van der Waals surface area contributed by atoms with E-state index in [-0.39, 0.29) is 0 Å². The number of hydrogen-bond acceptors (Lipinski definition) is 5. The second kappa shape index (κ2) is 10.6. The molecular formula is C20H29ClN6S. The Morgan fingerprint density at radius 3 is 3.07 bits per heavy atom. The lowest BCUT2D eigenvalue weighted by atomic mass is 10.2. The molecule has 28 heavy (non-hydrogen) atoms. The molecule has 3 rings (SSSR count). The van der Waals surface area contributed by atoms with Gasteiger partial charge < -0.3 is 15.5 Å². The Balaban J connectivity index is 1.44. The molecular weight excluding hydrogens is 392 g/mol. The molecule has 0 aliphatic carbocycles. The molecule has 152 valence electrons. The van der Waals surface area contributed by atoms with Gasteiger partial charge in [-0.3, -0.25) is 4.99 Å². The molecule has 0 bridgehead atoms. The van der Waals surface area contributed by atoms with Gasteiger partial charge in [-0.1, -0.05) is 11.6 Å². The molecule has 0 saturated carbocycles. The first-order valence-corrected chi connectivity index (χ1v) is 11.2. The van der Waals surface area contributed by atoms with Crippen molar-refractivity contribution < 1.29 is 0 Å². The standard InChI is InChI=1S/C20H29ClN6S/c1-3-22-20(24-10-5-4-8-18-25-15(2)14-28-18)26-16-9-12-27(13-16)19-17(21)7-6-11-23-19/h6-7,11,14,16H,3-5,8-10,12-13H2,1-2H3,(H2,22,24,26). The fourth-order valence-electron chi connectivity index (χ4n) is 3.29. The minimum atomic E-state index is 0.342. The zero-order valence-electron chi connectivity index (χ0n) is 16.6. The van der Waals surface area contributed by atoms with Crippen LogP contribution in [-0.4, -0.2) is 48.1 Å². The van der Waals surface area contributed by atoms with E-state index in [1.54, 1.807) is 17.5 Å². The van der Waals surface area contributed by atoms with Gasteiger partial charge in [-0.15, -0.1) is 11.3 Å². The summed E-state index contributed by atoms with van der Waals surface area (Å²) in [5.74, 6) is 1.76. The first kappa shape index (κ1) is 20.9. The molecule has 1 unspecified atom stereocenters. The highest BCUT2D eigenvalue weighted by molar-refractivity contribution is 7.09. The molecule has 1 aliphatic rings. The molecule has 3 heterocycles. The van der Waals surface area contributed by atoms with Crippen LogP contribution in [0.3, 0.4) is 0 Å². The van der Waals surface area contributed by atoms with E-state index in [0.29, 0.717) is 11.1 Å². The average molecular weight is 421 g/mol. The van der Waals surface area contributed by atoms with Crippen LogP contribution in [0, 0.1) is 6.92 Å². The van der Waals surface area contributed by atoms with Gasteiger partial charge in [-0.25, -0.2) is 9.97 Å². The Morgan fingerprint density at radius 1 is 1.43 bits per heavy atom. The number of aliphatic imine (C=N–C) groups is 1. The number of pyridine rings is 1. The summed E-state index contributed by atoms with van der Waals surface area (Å²) in [5.41, 5.74) is 1.12. The highest BCUT2D eigenvalue weighted by Crippen LogP contribution is 2.25. The van der Waals surface area contributed by atoms with E-state index >= 15 is 0 Å². The van der Waals surface area contributed by atoms with Crippen molar-refractivity contribution in [3.8, 4) is 0 Å². The van der Waals surface area contributed by atoms with Crippen LogP contribution in [0.5, 0.6) is 0 Å². The molecule has 0 amide bonds. The molecule has 0 radical (unpaired) electrons. The van der Waals surface area contributed by atoms with Crippen LogP contribution >= 0.6 is 22.9 Å². The van der Waals surface area contributed by atoms with Crippen molar-refractivity contribution in [3.63, 3.8) is 0 Å². The number of rotatable bonds is 8. The van der Waals surface area contributed by atoms with Gasteiger partial charge in [0.2, 0.25) is 0 Å². The van der Waals surface area contributed by atoms with E-state index in [9.17, 15) is 0 Å². The fourth-order valence-corrected chi connectivity index (χ4v) is 4.35. The smallest absolute Gasteiger partial charge is 0.191 e. The molecule has 0 spiro atoms. The second-order valence-electron chi connectivity index (χ2n) is 6.99. The summed E-state index contributed by atoms with van der Waals surface area (Å²) >= 11 is 8.04. The predicted octanol–water partition coefficient (Wildman–Crippen LogP) is 3.66. The van der Waals surface area contributed by atoms with E-state index < -0.39 is 0 Å². The Hall–Kier alpha value is -1.86. The van der Waals surface area contributed by atoms with Gasteiger partial charge in [-0.05, 0) is 51.7 Å². The lowest BCUT2D eigenvalue weighted by molar-refractivity contribution is 0.645. The number of unbranched alkanes of at least 4 members (excludes halogenated alkanes) is 1.